The van der Waals surface area contributed by atoms with E-state index in [1.165, 1.54) is 4.90 Å². The molecule has 11 heteroatoms. The maximum atomic E-state index is 14.9. The van der Waals surface area contributed by atoms with Crippen molar-refractivity contribution in [3.63, 3.8) is 0 Å². The number of amides is 1. The first-order valence-corrected chi connectivity index (χ1v) is 19.8. The van der Waals surface area contributed by atoms with Gasteiger partial charge in [-0.1, -0.05) is 64.1 Å². The standard InChI is InChI=1S/C34H46NO8PSi/c1-22-27-26(23(2)43-45(9,10)34(6,7)8)30(36)35(27)28(31(37)40-21-41-32(38)33(3,4)5)29(22)42-44(39,24-17-13-11-14-18-24)25-19-15-12-16-20-25/h11-20,22-23,26-27H,21H2,1-10H3/t22-,23-,26-,27+/m1/s1. The van der Waals surface area contributed by atoms with E-state index in [-0.39, 0.29) is 22.4 Å². The topological polar surface area (TPSA) is 108 Å². The van der Waals surface area contributed by atoms with Gasteiger partial charge in [0.25, 0.3) is 0 Å². The quantitative estimate of drug-likeness (QED) is 0.0991. The zero-order valence-electron chi connectivity index (χ0n) is 28.0. The second kappa shape index (κ2) is 12.5. The number of hydrogen-bond donors (Lipinski definition) is 0. The molecule has 0 aromatic heterocycles. The van der Waals surface area contributed by atoms with E-state index in [0.717, 1.165) is 0 Å². The molecule has 1 fully saturated rings. The molecule has 244 valence electrons. The van der Waals surface area contributed by atoms with Gasteiger partial charge in [0.2, 0.25) is 12.7 Å². The molecular formula is C34H46NO8PSi. The van der Waals surface area contributed by atoms with Crippen molar-refractivity contribution < 1.29 is 37.4 Å². The lowest BCUT2D eigenvalue weighted by Crippen LogP contribution is -2.65. The third kappa shape index (κ3) is 6.69. The molecule has 0 aliphatic carbocycles. The van der Waals surface area contributed by atoms with Crippen LogP contribution in [0.15, 0.2) is 72.1 Å². The van der Waals surface area contributed by atoms with Gasteiger partial charge < -0.3 is 18.4 Å². The first-order chi connectivity index (χ1) is 20.8. The minimum absolute atomic E-state index is 0.0704. The number of ether oxygens (including phenoxy) is 2. The van der Waals surface area contributed by atoms with Crippen molar-refractivity contribution in [2.24, 2.45) is 17.3 Å². The summed E-state index contributed by atoms with van der Waals surface area (Å²) < 4.78 is 38.6. The van der Waals surface area contributed by atoms with E-state index < -0.39 is 63.8 Å². The normalized spacial score (nSPS) is 21.2. The monoisotopic (exact) mass is 655 g/mol. The fourth-order valence-electron chi connectivity index (χ4n) is 5.40. The van der Waals surface area contributed by atoms with E-state index >= 15 is 0 Å². The van der Waals surface area contributed by atoms with E-state index in [2.05, 4.69) is 33.9 Å². The summed E-state index contributed by atoms with van der Waals surface area (Å²) in [7, 11) is -6.04. The Hall–Kier alpha value is -3.20. The van der Waals surface area contributed by atoms with Gasteiger partial charge in [0.1, 0.15) is 5.76 Å². The predicted octanol–water partition coefficient (Wildman–Crippen LogP) is 6.12. The highest BCUT2D eigenvalue weighted by Crippen LogP contribution is 2.55. The molecule has 1 saturated heterocycles. The van der Waals surface area contributed by atoms with E-state index in [0.29, 0.717) is 10.6 Å². The molecule has 2 aromatic rings. The smallest absolute Gasteiger partial charge is 0.361 e. The summed E-state index contributed by atoms with van der Waals surface area (Å²) in [4.78, 5) is 41.2. The lowest BCUT2D eigenvalue weighted by molar-refractivity contribution is -0.175. The molecule has 0 saturated carbocycles. The summed E-state index contributed by atoms with van der Waals surface area (Å²) in [5, 5.41) is 0.808. The van der Waals surface area contributed by atoms with Crippen molar-refractivity contribution in [1.29, 1.82) is 0 Å². The van der Waals surface area contributed by atoms with Crippen molar-refractivity contribution in [3.05, 3.63) is 72.1 Å². The Labute approximate surface area is 267 Å². The number of fused-ring (bicyclic) bond motifs is 1. The molecule has 4 rings (SSSR count). The Kier molecular flexibility index (Phi) is 9.66. The summed E-state index contributed by atoms with van der Waals surface area (Å²) in [5.41, 5.74) is -0.932. The van der Waals surface area contributed by atoms with Crippen LogP contribution in [0.2, 0.25) is 18.1 Å². The summed E-state index contributed by atoms with van der Waals surface area (Å²) in [6, 6.07) is 17.1. The van der Waals surface area contributed by atoms with Gasteiger partial charge in [-0.15, -0.1) is 0 Å². The number of esters is 2. The van der Waals surface area contributed by atoms with Gasteiger partial charge in [-0.2, -0.15) is 0 Å². The van der Waals surface area contributed by atoms with Gasteiger partial charge in [-0.3, -0.25) is 19.1 Å². The minimum Gasteiger partial charge on any atom is -0.439 e. The number of hydrogen-bond acceptors (Lipinski definition) is 8. The average Bonchev–Trinajstić information content (AvgIpc) is 3.19. The molecular weight excluding hydrogens is 609 g/mol. The lowest BCUT2D eigenvalue weighted by Gasteiger charge is -2.49. The molecule has 2 aliphatic heterocycles. The molecule has 9 nitrogen and oxygen atoms in total. The molecule has 0 unspecified atom stereocenters. The fraction of sp³-hybridized carbons (Fsp3) is 0.500. The molecule has 1 amide bonds. The van der Waals surface area contributed by atoms with Gasteiger partial charge in [-0.05, 0) is 70.1 Å². The van der Waals surface area contributed by atoms with Crippen LogP contribution in [0.5, 0.6) is 0 Å². The molecule has 0 spiro atoms. The van der Waals surface area contributed by atoms with Crippen LogP contribution in [0, 0.1) is 17.3 Å². The molecule has 2 aromatic carbocycles. The van der Waals surface area contributed by atoms with E-state index in [9.17, 15) is 18.9 Å². The van der Waals surface area contributed by atoms with Gasteiger partial charge in [0, 0.05) is 5.92 Å². The fourth-order valence-corrected chi connectivity index (χ4v) is 8.99. The van der Waals surface area contributed by atoms with Gasteiger partial charge >= 0.3 is 19.3 Å². The van der Waals surface area contributed by atoms with Crippen LogP contribution in [0.1, 0.15) is 55.4 Å². The van der Waals surface area contributed by atoms with Crippen LogP contribution < -0.4 is 10.6 Å². The molecule has 45 heavy (non-hydrogen) atoms. The third-order valence-electron chi connectivity index (χ3n) is 8.99. The van der Waals surface area contributed by atoms with E-state index in [4.69, 9.17) is 18.4 Å². The van der Waals surface area contributed by atoms with Crippen LogP contribution >= 0.6 is 7.37 Å². The molecule has 0 radical (unpaired) electrons. The van der Waals surface area contributed by atoms with Crippen LogP contribution in [0.4, 0.5) is 0 Å². The Morgan fingerprint density at radius 1 is 0.911 bits per heavy atom. The summed E-state index contributed by atoms with van der Waals surface area (Å²) in [6.45, 7) is 18.8. The number of β-lactam (4-membered cyclic amide) rings is 1. The lowest BCUT2D eigenvalue weighted by atomic mass is 9.79. The number of carbonyl (C=O) groups excluding carboxylic acids is 3. The molecule has 0 N–H and O–H groups in total. The van der Waals surface area contributed by atoms with Crippen LogP contribution in [-0.4, -0.2) is 50.0 Å². The van der Waals surface area contributed by atoms with Crippen molar-refractivity contribution in [1.82, 2.24) is 4.90 Å². The van der Waals surface area contributed by atoms with Crippen molar-refractivity contribution in [2.75, 3.05) is 6.79 Å². The summed E-state index contributed by atoms with van der Waals surface area (Å²) in [6.07, 6.45) is -0.429. The van der Waals surface area contributed by atoms with Crippen molar-refractivity contribution in [3.8, 4) is 0 Å². The van der Waals surface area contributed by atoms with Gasteiger partial charge in [0.05, 0.1) is 34.1 Å². The highest BCUT2D eigenvalue weighted by atomic mass is 31.2. The Morgan fingerprint density at radius 2 is 1.42 bits per heavy atom. The largest absolute Gasteiger partial charge is 0.439 e. The number of rotatable bonds is 10. The highest BCUT2D eigenvalue weighted by molar-refractivity contribution is 7.74. The van der Waals surface area contributed by atoms with Crippen molar-refractivity contribution >= 4 is 44.1 Å². The van der Waals surface area contributed by atoms with Gasteiger partial charge in [0.15, 0.2) is 14.0 Å². The van der Waals surface area contributed by atoms with E-state index in [1.54, 1.807) is 69.3 Å². The number of carbonyl (C=O) groups is 3. The zero-order chi connectivity index (χ0) is 33.5. The number of nitrogens with zero attached hydrogens (tertiary/aromatic N) is 1. The van der Waals surface area contributed by atoms with Gasteiger partial charge in [-0.25, -0.2) is 4.79 Å². The molecule has 4 atom stereocenters. The van der Waals surface area contributed by atoms with Crippen LogP contribution in [0.3, 0.4) is 0 Å². The predicted molar refractivity (Wildman–Crippen MR) is 175 cm³/mol. The number of benzene rings is 2. The second-order valence-corrected chi connectivity index (χ2v) is 21.4. The first kappa shape index (κ1) is 34.7. The SMILES string of the molecule is C[C@@H](O[Si](C)(C)C(C)(C)C)[C@H]1C(=O)N2C(C(=O)OCOC(=O)C(C)(C)C)=C(OP(=O)(c3ccccc3)c3ccccc3)[C@H](C)[C@@H]12. The Bertz CT molecular complexity index is 1470. The summed E-state index contributed by atoms with van der Waals surface area (Å²) >= 11 is 0. The average molecular weight is 656 g/mol. The molecule has 2 aliphatic rings. The van der Waals surface area contributed by atoms with Crippen LogP contribution in [0.25, 0.3) is 0 Å². The maximum absolute atomic E-state index is 14.9. The second-order valence-electron chi connectivity index (χ2n) is 14.4. The molecule has 2 heterocycles. The van der Waals surface area contributed by atoms with Crippen LogP contribution in [-0.2, 0) is 37.4 Å². The minimum atomic E-state index is -3.81. The highest BCUT2D eigenvalue weighted by Gasteiger charge is 2.63. The Morgan fingerprint density at radius 3 is 1.89 bits per heavy atom. The zero-order valence-corrected chi connectivity index (χ0v) is 29.8. The van der Waals surface area contributed by atoms with Crippen molar-refractivity contribution in [2.45, 2.75) is 85.7 Å². The van der Waals surface area contributed by atoms with E-state index in [1.807, 2.05) is 26.0 Å². The third-order valence-corrected chi connectivity index (χ3v) is 16.0. The first-order valence-electron chi connectivity index (χ1n) is 15.3. The molecule has 0 bridgehead atoms. The Balaban J connectivity index is 1.74. The maximum Gasteiger partial charge on any atom is 0.361 e. The summed E-state index contributed by atoms with van der Waals surface area (Å²) in [5.74, 6) is -2.72.